The molecule has 0 saturated heterocycles. The Kier molecular flexibility index (Phi) is 11.4. The molecular weight excluding hydrogens is 491 g/mol. The second-order valence-electron chi connectivity index (χ2n) is 10.0. The zero-order chi connectivity index (χ0) is 28.2. The van der Waals surface area contributed by atoms with Gasteiger partial charge in [0.1, 0.15) is 12.1 Å². The Bertz CT molecular complexity index is 1250. The van der Waals surface area contributed by atoms with Crippen LogP contribution in [0.25, 0.3) is 17.2 Å². The van der Waals surface area contributed by atoms with Crippen molar-refractivity contribution in [2.75, 3.05) is 38.1 Å². The Balaban J connectivity index is 0.00000134. The number of hydrogen-bond acceptors (Lipinski definition) is 4. The molecule has 1 aliphatic rings. The lowest BCUT2D eigenvalue weighted by molar-refractivity contribution is -0.123. The minimum absolute atomic E-state index is 0.0361. The number of allylic oxidation sites excluding steroid dienone is 1. The van der Waals surface area contributed by atoms with Crippen molar-refractivity contribution in [3.8, 4) is 11.1 Å². The summed E-state index contributed by atoms with van der Waals surface area (Å²) < 4.78 is 19.6. The second kappa shape index (κ2) is 15.0. The van der Waals surface area contributed by atoms with Gasteiger partial charge in [0.05, 0.1) is 6.54 Å². The predicted octanol–water partition coefficient (Wildman–Crippen LogP) is 7.15. The maximum atomic E-state index is 15.4. The third-order valence-electron chi connectivity index (χ3n) is 6.87. The summed E-state index contributed by atoms with van der Waals surface area (Å²) >= 11 is 0. The monoisotopic (exact) mass is 530 g/mol. The largest absolute Gasteiger partial charge is 0.388 e. The number of ether oxygens (including phenoxy) is 1. The second-order valence-corrected chi connectivity index (χ2v) is 10.0. The summed E-state index contributed by atoms with van der Waals surface area (Å²) in [7, 11) is 7.22. The van der Waals surface area contributed by atoms with Crippen LogP contribution in [0, 0.1) is 11.7 Å². The van der Waals surface area contributed by atoms with Crippen molar-refractivity contribution in [2.24, 2.45) is 5.92 Å². The Morgan fingerprint density at radius 3 is 2.21 bits per heavy atom. The van der Waals surface area contributed by atoms with Gasteiger partial charge in [0, 0.05) is 51.2 Å². The Labute approximate surface area is 231 Å². The number of benzene rings is 3. The van der Waals surface area contributed by atoms with Crippen LogP contribution in [0.3, 0.4) is 0 Å². The molecule has 0 bridgehead atoms. The summed E-state index contributed by atoms with van der Waals surface area (Å²) in [5.74, 6) is -0.345. The molecule has 3 aromatic rings. The topological polar surface area (TPSA) is 49.9 Å². The highest BCUT2D eigenvalue weighted by Gasteiger charge is 2.28. The normalized spacial score (nSPS) is 13.5. The number of amides is 1. The summed E-state index contributed by atoms with van der Waals surface area (Å²) in [6, 6.07) is 20.7. The van der Waals surface area contributed by atoms with Crippen LogP contribution in [-0.2, 0) is 20.9 Å². The van der Waals surface area contributed by atoms with Gasteiger partial charge in [-0.3, -0.25) is 9.59 Å². The van der Waals surface area contributed by atoms with Crippen molar-refractivity contribution in [1.82, 2.24) is 0 Å². The van der Waals surface area contributed by atoms with E-state index in [1.807, 2.05) is 73.6 Å². The highest BCUT2D eigenvalue weighted by molar-refractivity contribution is 5.95. The predicted molar refractivity (Wildman–Crippen MR) is 158 cm³/mol. The minimum atomic E-state index is -0.331. The van der Waals surface area contributed by atoms with Gasteiger partial charge in [0.25, 0.3) is 0 Å². The zero-order valence-corrected chi connectivity index (χ0v) is 23.4. The first-order valence-corrected chi connectivity index (χ1v) is 13.4. The molecule has 1 fully saturated rings. The Morgan fingerprint density at radius 1 is 0.923 bits per heavy atom. The van der Waals surface area contributed by atoms with Gasteiger partial charge >= 0.3 is 0 Å². The number of rotatable bonds is 8. The highest BCUT2D eigenvalue weighted by atomic mass is 19.1. The number of halogens is 1. The Morgan fingerprint density at radius 2 is 1.59 bits per heavy atom. The van der Waals surface area contributed by atoms with Crippen LogP contribution in [0.15, 0.2) is 72.8 Å². The lowest BCUT2D eigenvalue weighted by Gasteiger charge is -2.30. The van der Waals surface area contributed by atoms with Gasteiger partial charge in [-0.25, -0.2) is 4.39 Å². The van der Waals surface area contributed by atoms with Crippen molar-refractivity contribution < 1.29 is 18.7 Å². The van der Waals surface area contributed by atoms with Crippen LogP contribution in [0.4, 0.5) is 15.8 Å². The molecule has 0 radical (unpaired) electrons. The smallest absolute Gasteiger partial charge is 0.230 e. The average molecular weight is 531 g/mol. The van der Waals surface area contributed by atoms with E-state index >= 15 is 4.39 Å². The molecule has 1 aliphatic carbocycles. The number of aldehydes is 1. The molecule has 1 amide bonds. The van der Waals surface area contributed by atoms with Crippen LogP contribution >= 0.6 is 0 Å². The van der Waals surface area contributed by atoms with E-state index in [1.54, 1.807) is 37.3 Å². The third-order valence-corrected chi connectivity index (χ3v) is 6.87. The molecule has 39 heavy (non-hydrogen) atoms. The molecule has 0 heterocycles. The first-order chi connectivity index (χ1) is 18.9. The zero-order valence-electron chi connectivity index (χ0n) is 23.4. The molecule has 0 N–H and O–H groups in total. The molecule has 3 aromatic carbocycles. The van der Waals surface area contributed by atoms with Crippen LogP contribution in [0.2, 0.25) is 0 Å². The molecule has 0 aliphatic heterocycles. The van der Waals surface area contributed by atoms with E-state index in [-0.39, 0.29) is 24.2 Å². The molecule has 5 nitrogen and oxygen atoms in total. The molecule has 1 saturated carbocycles. The Hall–Kier alpha value is -3.77. The first kappa shape index (κ1) is 29.8. The summed E-state index contributed by atoms with van der Waals surface area (Å²) in [4.78, 5) is 28.1. The van der Waals surface area contributed by atoms with Gasteiger partial charge in [-0.2, -0.15) is 0 Å². The van der Waals surface area contributed by atoms with E-state index < -0.39 is 0 Å². The van der Waals surface area contributed by atoms with Gasteiger partial charge in [-0.1, -0.05) is 61.7 Å². The van der Waals surface area contributed by atoms with Crippen molar-refractivity contribution in [3.05, 3.63) is 89.8 Å². The van der Waals surface area contributed by atoms with Gasteiger partial charge in [0.2, 0.25) is 5.91 Å². The highest BCUT2D eigenvalue weighted by Crippen LogP contribution is 2.31. The van der Waals surface area contributed by atoms with Crippen LogP contribution in [0.5, 0.6) is 0 Å². The van der Waals surface area contributed by atoms with Crippen LogP contribution < -0.4 is 9.80 Å². The standard InChI is InChI=1S/C31H33FN2O2.C2H6O/c1-33(2)28-17-15-24(16-18-28)26-13-14-27(30(32)21-26)22-34(31(36)25-10-4-3-5-11-25)29-12-6-8-23(20-29)9-7-19-35;1-3-2/h6-9,12-21,25H,3-5,10-11,22H2,1-2H3;1-2H3/b9-7+;. The van der Waals surface area contributed by atoms with E-state index in [0.717, 1.165) is 60.8 Å². The number of carbonyl (C=O) groups excluding carboxylic acids is 2. The minimum Gasteiger partial charge on any atom is -0.388 e. The fourth-order valence-electron chi connectivity index (χ4n) is 4.79. The third kappa shape index (κ3) is 8.36. The van der Waals surface area contributed by atoms with Gasteiger partial charge in [-0.05, 0) is 65.9 Å². The molecule has 0 atom stereocenters. The maximum Gasteiger partial charge on any atom is 0.230 e. The summed E-state index contributed by atoms with van der Waals surface area (Å²) in [5, 5.41) is 0. The molecule has 6 heteroatoms. The molecule has 4 rings (SSSR count). The van der Waals surface area contributed by atoms with Gasteiger partial charge in [0.15, 0.2) is 0 Å². The summed E-state index contributed by atoms with van der Waals surface area (Å²) in [6.45, 7) is 0.155. The maximum absolute atomic E-state index is 15.4. The summed E-state index contributed by atoms with van der Waals surface area (Å²) in [5.41, 5.74) is 4.82. The average Bonchev–Trinajstić information content (AvgIpc) is 2.96. The molecule has 0 aromatic heterocycles. The molecule has 206 valence electrons. The van der Waals surface area contributed by atoms with Crippen LogP contribution in [-0.4, -0.2) is 40.5 Å². The number of methoxy groups -OCH3 is 1. The van der Waals surface area contributed by atoms with E-state index in [9.17, 15) is 9.59 Å². The number of anilines is 2. The fraction of sp³-hybridized carbons (Fsp3) is 0.333. The lowest BCUT2D eigenvalue weighted by atomic mass is 9.88. The van der Waals surface area contributed by atoms with E-state index in [4.69, 9.17) is 0 Å². The molecular formula is C33H39FN2O3. The first-order valence-electron chi connectivity index (χ1n) is 13.4. The SMILES string of the molecule is CN(C)c1ccc(-c2ccc(CN(C(=O)C3CCCCC3)c3cccc(/C=C/C=O)c3)c(F)c2)cc1.COC. The van der Waals surface area contributed by atoms with Gasteiger partial charge in [-0.15, -0.1) is 0 Å². The summed E-state index contributed by atoms with van der Waals surface area (Å²) in [6.07, 6.45) is 8.83. The van der Waals surface area contributed by atoms with E-state index in [2.05, 4.69) is 4.74 Å². The molecule has 0 spiro atoms. The number of carbonyl (C=O) groups is 2. The lowest BCUT2D eigenvalue weighted by Crippen LogP contribution is -2.37. The van der Waals surface area contributed by atoms with Crippen molar-refractivity contribution >= 4 is 29.6 Å². The fourth-order valence-corrected chi connectivity index (χ4v) is 4.79. The quantitative estimate of drug-likeness (QED) is 0.229. The van der Waals surface area contributed by atoms with E-state index in [1.165, 1.54) is 6.08 Å². The molecule has 0 unspecified atom stereocenters. The number of nitrogens with zero attached hydrogens (tertiary/aromatic N) is 2. The van der Waals surface area contributed by atoms with Crippen molar-refractivity contribution in [3.63, 3.8) is 0 Å². The van der Waals surface area contributed by atoms with Gasteiger partial charge < -0.3 is 14.5 Å². The van der Waals surface area contributed by atoms with Crippen LogP contribution in [0.1, 0.15) is 43.2 Å². The van der Waals surface area contributed by atoms with E-state index in [0.29, 0.717) is 11.3 Å². The van der Waals surface area contributed by atoms with Crippen molar-refractivity contribution in [1.29, 1.82) is 0 Å². The number of hydrogen-bond donors (Lipinski definition) is 0. The van der Waals surface area contributed by atoms with Crippen molar-refractivity contribution in [2.45, 2.75) is 38.6 Å².